The lowest BCUT2D eigenvalue weighted by Gasteiger charge is -2.18. The molecule has 3 rings (SSSR count). The second-order valence-corrected chi connectivity index (χ2v) is 12.8. The number of carbonyl (C=O) groups is 1. The first-order chi connectivity index (χ1) is 15.4. The van der Waals surface area contributed by atoms with E-state index in [1.165, 1.54) is 18.3 Å². The minimum absolute atomic E-state index is 0.172. The van der Waals surface area contributed by atoms with Crippen LogP contribution < -0.4 is 30.7 Å². The Morgan fingerprint density at radius 1 is 0.758 bits per heavy atom. The highest BCUT2D eigenvalue weighted by molar-refractivity contribution is 5.64. The Balaban J connectivity index is 1.61. The molecule has 3 aromatic rings. The molecule has 0 aliphatic rings. The average molecular weight is 559 g/mol. The lowest BCUT2D eigenvalue weighted by molar-refractivity contribution is -0.598. The van der Waals surface area contributed by atoms with Gasteiger partial charge in [0.1, 0.15) is 22.8 Å². The average Bonchev–Trinajstić information content (AvgIpc) is 2.70. The molecule has 0 N–H and O–H groups in total. The Morgan fingerprint density at radius 2 is 1.33 bits per heavy atom. The molecule has 0 saturated heterocycles. The van der Waals surface area contributed by atoms with Crippen LogP contribution in [-0.4, -0.2) is 11.8 Å². The Morgan fingerprint density at radius 3 is 1.88 bits per heavy atom. The lowest BCUT2D eigenvalue weighted by Crippen LogP contribution is -3.61. The van der Waals surface area contributed by atoms with E-state index in [0.29, 0.717) is 11.5 Å². The number of hydrogen-bond acceptors (Lipinski definition) is 4. The number of rotatable bonds is 5. The van der Waals surface area contributed by atoms with Gasteiger partial charge < -0.3 is 14.2 Å². The fraction of sp³-hybridized carbons (Fsp3) is 0.321. The maximum Gasteiger partial charge on any atom is 0.514 e. The van der Waals surface area contributed by atoms with Crippen molar-refractivity contribution in [3.63, 3.8) is 0 Å². The topological polar surface area (TPSA) is 44.8 Å². The SMILES string of the molecule is Cc1cc(Oc2ccc(OC(=O)OC(C)(C)C)cc2)ccc1[I+]c1ccc(C(C)(C)C)cc1. The predicted octanol–water partition coefficient (Wildman–Crippen LogP) is 4.53. The van der Waals surface area contributed by atoms with Crippen molar-refractivity contribution in [3.8, 4) is 17.2 Å². The van der Waals surface area contributed by atoms with Crippen molar-refractivity contribution in [1.82, 2.24) is 0 Å². The van der Waals surface area contributed by atoms with Gasteiger partial charge in [0.25, 0.3) is 0 Å². The summed E-state index contributed by atoms with van der Waals surface area (Å²) in [5.41, 5.74) is 2.16. The van der Waals surface area contributed by atoms with E-state index in [1.807, 2.05) is 6.07 Å². The quantitative estimate of drug-likeness (QED) is 0.262. The number of hydrogen-bond donors (Lipinski definition) is 0. The zero-order valence-corrected chi connectivity index (χ0v) is 22.5. The molecule has 0 atom stereocenters. The second kappa shape index (κ2) is 10.2. The van der Waals surface area contributed by atoms with E-state index in [4.69, 9.17) is 14.2 Å². The summed E-state index contributed by atoms with van der Waals surface area (Å²) in [6, 6.07) is 22.2. The van der Waals surface area contributed by atoms with E-state index >= 15 is 0 Å². The molecule has 0 aliphatic carbocycles. The van der Waals surface area contributed by atoms with Crippen molar-refractivity contribution >= 4 is 6.16 Å². The lowest BCUT2D eigenvalue weighted by atomic mass is 9.87. The van der Waals surface area contributed by atoms with Gasteiger partial charge in [0.2, 0.25) is 0 Å². The summed E-state index contributed by atoms with van der Waals surface area (Å²) in [6.07, 6.45) is -0.723. The molecule has 0 radical (unpaired) electrons. The van der Waals surface area contributed by atoms with Gasteiger partial charge in [-0.3, -0.25) is 0 Å². The molecule has 0 spiro atoms. The first-order valence-electron chi connectivity index (χ1n) is 10.9. The van der Waals surface area contributed by atoms with Gasteiger partial charge in [0, 0.05) is 5.56 Å². The maximum absolute atomic E-state index is 11.8. The van der Waals surface area contributed by atoms with Gasteiger partial charge in [-0.05, 0) is 93.3 Å². The summed E-state index contributed by atoms with van der Waals surface area (Å²) in [5.74, 6) is 1.86. The van der Waals surface area contributed by atoms with E-state index < -0.39 is 11.8 Å². The molecular formula is C28H32IO4+. The Kier molecular flexibility index (Phi) is 7.73. The first-order valence-corrected chi connectivity index (χ1v) is 13.1. The third kappa shape index (κ3) is 7.77. The summed E-state index contributed by atoms with van der Waals surface area (Å²) < 4.78 is 19.1. The minimum Gasteiger partial charge on any atom is -0.457 e. The van der Waals surface area contributed by atoms with Crippen LogP contribution in [0.15, 0.2) is 66.7 Å². The molecule has 0 amide bonds. The van der Waals surface area contributed by atoms with Gasteiger partial charge >= 0.3 is 27.4 Å². The fourth-order valence-electron chi connectivity index (χ4n) is 3.00. The van der Waals surface area contributed by atoms with Crippen LogP contribution in [0.5, 0.6) is 17.2 Å². The van der Waals surface area contributed by atoms with Crippen molar-refractivity contribution in [2.75, 3.05) is 0 Å². The van der Waals surface area contributed by atoms with Gasteiger partial charge in [-0.25, -0.2) is 4.79 Å². The summed E-state index contributed by atoms with van der Waals surface area (Å²) in [4.78, 5) is 11.8. The van der Waals surface area contributed by atoms with Crippen LogP contribution in [0.3, 0.4) is 0 Å². The summed E-state index contributed by atoms with van der Waals surface area (Å²) in [6.45, 7) is 14.2. The predicted molar refractivity (Wildman–Crippen MR) is 127 cm³/mol. The van der Waals surface area contributed by atoms with Gasteiger partial charge in [0.15, 0.2) is 7.14 Å². The van der Waals surface area contributed by atoms with E-state index in [2.05, 4.69) is 64.1 Å². The van der Waals surface area contributed by atoms with Crippen LogP contribution in [0.1, 0.15) is 52.7 Å². The van der Waals surface area contributed by atoms with Crippen molar-refractivity contribution in [3.05, 3.63) is 85.0 Å². The molecule has 4 nitrogen and oxygen atoms in total. The normalized spacial score (nSPS) is 11.7. The molecule has 174 valence electrons. The zero-order valence-electron chi connectivity index (χ0n) is 20.4. The zero-order chi connectivity index (χ0) is 24.2. The van der Waals surface area contributed by atoms with E-state index in [1.54, 1.807) is 45.0 Å². The number of halogens is 1. The molecule has 33 heavy (non-hydrogen) atoms. The Labute approximate surface area is 207 Å². The third-order valence-electron chi connectivity index (χ3n) is 4.70. The molecule has 0 unspecified atom stereocenters. The number of ether oxygens (including phenoxy) is 3. The van der Waals surface area contributed by atoms with Crippen LogP contribution in [0.4, 0.5) is 4.79 Å². The molecule has 0 aromatic heterocycles. The fourth-order valence-corrected chi connectivity index (χ4v) is 5.33. The molecule has 0 fully saturated rings. The number of carbonyl (C=O) groups excluding carboxylic acids is 1. The van der Waals surface area contributed by atoms with Crippen molar-refractivity contribution < 1.29 is 40.2 Å². The molecule has 0 aliphatic heterocycles. The Hall–Kier alpha value is -2.54. The molecule has 3 aromatic carbocycles. The van der Waals surface area contributed by atoms with Crippen molar-refractivity contribution in [2.45, 2.75) is 59.5 Å². The molecule has 5 heteroatoms. The first kappa shape index (κ1) is 25.1. The smallest absolute Gasteiger partial charge is 0.457 e. The summed E-state index contributed by atoms with van der Waals surface area (Å²) >= 11 is -0.255. The van der Waals surface area contributed by atoms with E-state index in [0.717, 1.165) is 5.75 Å². The minimum atomic E-state index is -0.723. The van der Waals surface area contributed by atoms with E-state index in [9.17, 15) is 4.79 Å². The molecule has 0 heterocycles. The largest absolute Gasteiger partial charge is 0.514 e. The van der Waals surface area contributed by atoms with Crippen molar-refractivity contribution in [2.24, 2.45) is 0 Å². The molecule has 0 bridgehead atoms. The van der Waals surface area contributed by atoms with Crippen LogP contribution in [0.2, 0.25) is 0 Å². The van der Waals surface area contributed by atoms with Gasteiger partial charge in [-0.1, -0.05) is 32.9 Å². The monoisotopic (exact) mass is 559 g/mol. The maximum atomic E-state index is 11.8. The number of aryl methyl sites for hydroxylation is 1. The number of benzene rings is 3. The highest BCUT2D eigenvalue weighted by atomic mass is 127. The molecule has 0 saturated carbocycles. The van der Waals surface area contributed by atoms with Gasteiger partial charge in [-0.15, -0.1) is 0 Å². The standard InChI is InChI=1S/C28H32IO4/c1-19-18-24(16-17-25(19)29-21-10-8-20(9-11-21)27(2,3)4)31-22-12-14-23(15-13-22)32-26(30)33-28(5,6)7/h8-18H,1-7H3/q+1. The summed E-state index contributed by atoms with van der Waals surface area (Å²) in [7, 11) is 0. The van der Waals surface area contributed by atoms with E-state index in [-0.39, 0.29) is 26.6 Å². The second-order valence-electron chi connectivity index (χ2n) is 9.90. The Bertz CT molecular complexity index is 1090. The van der Waals surface area contributed by atoms with Crippen LogP contribution >= 0.6 is 0 Å². The van der Waals surface area contributed by atoms with Gasteiger partial charge in [-0.2, -0.15) is 0 Å². The highest BCUT2D eigenvalue weighted by Gasteiger charge is 2.21. The third-order valence-corrected chi connectivity index (χ3v) is 7.83. The highest BCUT2D eigenvalue weighted by Crippen LogP contribution is 2.25. The van der Waals surface area contributed by atoms with Crippen LogP contribution in [0.25, 0.3) is 0 Å². The van der Waals surface area contributed by atoms with Crippen LogP contribution in [-0.2, 0) is 10.2 Å². The van der Waals surface area contributed by atoms with Crippen LogP contribution in [0, 0.1) is 14.1 Å². The van der Waals surface area contributed by atoms with Gasteiger partial charge in [0.05, 0.1) is 0 Å². The van der Waals surface area contributed by atoms with Crippen molar-refractivity contribution in [1.29, 1.82) is 0 Å². The molecular weight excluding hydrogens is 527 g/mol. The summed E-state index contributed by atoms with van der Waals surface area (Å²) in [5, 5.41) is 0.